The van der Waals surface area contributed by atoms with Crippen LogP contribution < -0.4 is 5.48 Å². The van der Waals surface area contributed by atoms with E-state index in [9.17, 15) is 0 Å². The Morgan fingerprint density at radius 2 is 2.21 bits per heavy atom. The molecule has 0 saturated heterocycles. The third-order valence-corrected chi connectivity index (χ3v) is 3.14. The van der Waals surface area contributed by atoms with Gasteiger partial charge < -0.3 is 9.15 Å². The summed E-state index contributed by atoms with van der Waals surface area (Å²) in [6.45, 7) is 1.60. The summed E-state index contributed by atoms with van der Waals surface area (Å²) in [5, 5.41) is 0. The van der Waals surface area contributed by atoms with Crippen LogP contribution >= 0.6 is 31.9 Å². The molecule has 0 radical (unpaired) electrons. The third kappa shape index (κ3) is 4.10. The molecule has 0 fully saturated rings. The van der Waals surface area contributed by atoms with Crippen LogP contribution in [0.5, 0.6) is 0 Å². The average Bonchev–Trinajstić information content (AvgIpc) is 2.46. The van der Waals surface area contributed by atoms with E-state index in [1.165, 1.54) is 0 Å². The molecule has 14 heavy (non-hydrogen) atoms. The highest BCUT2D eigenvalue weighted by molar-refractivity contribution is 9.13. The number of hydrogen-bond donors (Lipinski definition) is 1. The highest BCUT2D eigenvalue weighted by Crippen LogP contribution is 2.26. The zero-order chi connectivity index (χ0) is 10.4. The molecule has 6 heteroatoms. The maximum atomic E-state index is 5.32. The molecule has 1 heterocycles. The molecule has 80 valence electrons. The highest BCUT2D eigenvalue weighted by atomic mass is 79.9. The smallest absolute Gasteiger partial charge is 0.183 e. The topological polar surface area (TPSA) is 43.6 Å². The van der Waals surface area contributed by atoms with E-state index in [1.54, 1.807) is 7.11 Å². The molecule has 0 saturated carbocycles. The largest absolute Gasteiger partial charge is 0.452 e. The predicted molar refractivity (Wildman–Crippen MR) is 58.8 cm³/mol. The van der Waals surface area contributed by atoms with E-state index in [2.05, 4.69) is 37.3 Å². The Morgan fingerprint density at radius 3 is 2.79 bits per heavy atom. The Balaban J connectivity index is 2.18. The van der Waals surface area contributed by atoms with Crippen molar-refractivity contribution in [2.45, 2.75) is 6.54 Å². The van der Waals surface area contributed by atoms with Crippen LogP contribution in [-0.4, -0.2) is 20.3 Å². The summed E-state index contributed by atoms with van der Waals surface area (Å²) in [5.41, 5.74) is 2.76. The van der Waals surface area contributed by atoms with E-state index >= 15 is 0 Å². The van der Waals surface area contributed by atoms with Crippen molar-refractivity contribution in [1.29, 1.82) is 0 Å². The number of ether oxygens (including phenoxy) is 1. The highest BCUT2D eigenvalue weighted by Gasteiger charge is 2.04. The zero-order valence-electron chi connectivity index (χ0n) is 7.68. The number of furan rings is 1. The standard InChI is InChI=1S/C8H11Br2NO3/c1-12-2-3-13-11-5-6-4-7(9)8(10)14-6/h4,11H,2-3,5H2,1H3. The first-order valence-corrected chi connectivity index (χ1v) is 5.60. The Labute approximate surface area is 99.2 Å². The molecule has 0 unspecified atom stereocenters. The minimum atomic E-state index is 0.513. The molecule has 0 aliphatic rings. The Morgan fingerprint density at radius 1 is 1.43 bits per heavy atom. The monoisotopic (exact) mass is 327 g/mol. The second-order valence-corrected chi connectivity index (χ2v) is 4.07. The molecule has 0 amide bonds. The van der Waals surface area contributed by atoms with Gasteiger partial charge in [-0.1, -0.05) is 0 Å². The molecule has 0 spiro atoms. The van der Waals surface area contributed by atoms with Crippen LogP contribution in [0.4, 0.5) is 0 Å². The normalized spacial score (nSPS) is 10.8. The van der Waals surface area contributed by atoms with Crippen LogP contribution in [0.3, 0.4) is 0 Å². The van der Waals surface area contributed by atoms with Gasteiger partial charge in [0, 0.05) is 7.11 Å². The van der Waals surface area contributed by atoms with Gasteiger partial charge in [0.15, 0.2) is 4.67 Å². The van der Waals surface area contributed by atoms with Crippen LogP contribution in [0.25, 0.3) is 0 Å². The number of hydroxylamine groups is 1. The van der Waals surface area contributed by atoms with E-state index in [0.29, 0.717) is 24.4 Å². The Hall–Kier alpha value is 0.120. The van der Waals surface area contributed by atoms with Crippen molar-refractivity contribution in [3.63, 3.8) is 0 Å². The molecular weight excluding hydrogens is 318 g/mol. The number of nitrogens with one attached hydrogen (secondary N) is 1. The van der Waals surface area contributed by atoms with Gasteiger partial charge in [-0.3, -0.25) is 4.84 Å². The van der Waals surface area contributed by atoms with Crippen LogP contribution in [0, 0.1) is 0 Å². The lowest BCUT2D eigenvalue weighted by Gasteiger charge is -2.02. The number of methoxy groups -OCH3 is 1. The zero-order valence-corrected chi connectivity index (χ0v) is 10.9. The summed E-state index contributed by atoms with van der Waals surface area (Å²) >= 11 is 6.57. The second-order valence-electron chi connectivity index (χ2n) is 2.50. The third-order valence-electron chi connectivity index (χ3n) is 1.43. The molecule has 0 atom stereocenters. The fourth-order valence-electron chi connectivity index (χ4n) is 0.798. The van der Waals surface area contributed by atoms with Gasteiger partial charge in [-0.2, -0.15) is 5.48 Å². The van der Waals surface area contributed by atoms with Gasteiger partial charge in [0.1, 0.15) is 5.76 Å². The van der Waals surface area contributed by atoms with Crippen LogP contribution in [0.15, 0.2) is 19.6 Å². The summed E-state index contributed by atoms with van der Waals surface area (Å²) in [6.07, 6.45) is 0. The van der Waals surface area contributed by atoms with Crippen LogP contribution in [0.2, 0.25) is 0 Å². The minimum Gasteiger partial charge on any atom is -0.452 e. The van der Waals surface area contributed by atoms with E-state index in [-0.39, 0.29) is 0 Å². The lowest BCUT2D eigenvalue weighted by atomic mass is 10.5. The first-order chi connectivity index (χ1) is 6.74. The summed E-state index contributed by atoms with van der Waals surface area (Å²) < 4.78 is 11.7. The molecule has 1 aromatic rings. The van der Waals surface area contributed by atoms with Crippen molar-refractivity contribution in [3.05, 3.63) is 21.0 Å². The number of halogens is 2. The van der Waals surface area contributed by atoms with Crippen molar-refractivity contribution in [2.75, 3.05) is 20.3 Å². The molecule has 0 bridgehead atoms. The van der Waals surface area contributed by atoms with Gasteiger partial charge in [-0.15, -0.1) is 0 Å². The minimum absolute atomic E-state index is 0.513. The quantitative estimate of drug-likeness (QED) is 0.643. The fourth-order valence-corrected chi connectivity index (χ4v) is 1.46. The summed E-state index contributed by atoms with van der Waals surface area (Å²) in [7, 11) is 1.63. The summed E-state index contributed by atoms with van der Waals surface area (Å²) in [5.74, 6) is 0.793. The van der Waals surface area contributed by atoms with Crippen molar-refractivity contribution < 1.29 is 14.0 Å². The SMILES string of the molecule is COCCONCc1cc(Br)c(Br)o1. The van der Waals surface area contributed by atoms with Gasteiger partial charge >= 0.3 is 0 Å². The van der Waals surface area contributed by atoms with E-state index < -0.39 is 0 Å². The maximum Gasteiger partial charge on any atom is 0.183 e. The maximum absolute atomic E-state index is 5.32. The first kappa shape index (κ1) is 12.2. The van der Waals surface area contributed by atoms with E-state index in [0.717, 1.165) is 10.2 Å². The molecule has 0 aliphatic carbocycles. The van der Waals surface area contributed by atoms with Crippen LogP contribution in [0.1, 0.15) is 5.76 Å². The molecular formula is C8H11Br2NO3. The van der Waals surface area contributed by atoms with Crippen molar-refractivity contribution >= 4 is 31.9 Å². The van der Waals surface area contributed by atoms with Crippen LogP contribution in [-0.2, 0) is 16.1 Å². The average molecular weight is 329 g/mol. The summed E-state index contributed by atoms with van der Waals surface area (Å²) in [4.78, 5) is 5.06. The van der Waals surface area contributed by atoms with Crippen molar-refractivity contribution in [2.24, 2.45) is 0 Å². The lowest BCUT2D eigenvalue weighted by molar-refractivity contribution is 0.000945. The van der Waals surface area contributed by atoms with Gasteiger partial charge in [0.2, 0.25) is 0 Å². The van der Waals surface area contributed by atoms with E-state index in [1.807, 2.05) is 6.07 Å². The molecule has 0 aromatic carbocycles. The number of hydrogen-bond acceptors (Lipinski definition) is 4. The van der Waals surface area contributed by atoms with Gasteiger partial charge in [-0.05, 0) is 37.9 Å². The molecule has 1 aromatic heterocycles. The molecule has 4 nitrogen and oxygen atoms in total. The molecule has 1 N–H and O–H groups in total. The predicted octanol–water partition coefficient (Wildman–Crippen LogP) is 2.47. The Kier molecular flexibility index (Phi) is 5.73. The van der Waals surface area contributed by atoms with Crippen molar-refractivity contribution in [3.8, 4) is 0 Å². The lowest BCUT2D eigenvalue weighted by Crippen LogP contribution is -2.16. The molecule has 1 rings (SSSR count). The van der Waals surface area contributed by atoms with Crippen molar-refractivity contribution in [1.82, 2.24) is 5.48 Å². The molecule has 0 aliphatic heterocycles. The van der Waals surface area contributed by atoms with Gasteiger partial charge in [-0.25, -0.2) is 0 Å². The summed E-state index contributed by atoms with van der Waals surface area (Å²) in [6, 6.07) is 1.87. The second kappa shape index (κ2) is 6.58. The Bertz CT molecular complexity index is 258. The number of rotatable bonds is 6. The van der Waals surface area contributed by atoms with Gasteiger partial charge in [0.25, 0.3) is 0 Å². The fraction of sp³-hybridized carbons (Fsp3) is 0.500. The van der Waals surface area contributed by atoms with Gasteiger partial charge in [0.05, 0.1) is 24.2 Å². The first-order valence-electron chi connectivity index (χ1n) is 4.01. The van der Waals surface area contributed by atoms with E-state index in [4.69, 9.17) is 14.0 Å².